The van der Waals surface area contributed by atoms with Crippen LogP contribution in [0, 0.1) is 0 Å². The molecule has 0 fully saturated rings. The number of nitrogen functional groups attached to an aromatic ring is 1. The van der Waals surface area contributed by atoms with Gasteiger partial charge in [-0.25, -0.2) is 12.7 Å². The van der Waals surface area contributed by atoms with Crippen LogP contribution in [0.25, 0.3) is 0 Å². The van der Waals surface area contributed by atoms with Gasteiger partial charge in [0.1, 0.15) is 0 Å². The van der Waals surface area contributed by atoms with Crippen molar-refractivity contribution in [2.75, 3.05) is 32.1 Å². The van der Waals surface area contributed by atoms with Gasteiger partial charge in [-0.05, 0) is 31.5 Å². The summed E-state index contributed by atoms with van der Waals surface area (Å²) >= 11 is 0. The highest BCUT2D eigenvalue weighted by Crippen LogP contribution is 2.24. The first-order valence-corrected chi connectivity index (χ1v) is 8.23. The molecular formula is C14H23N3O3S. The molecule has 7 heteroatoms. The number of benzene rings is 1. The molecule has 0 atom stereocenters. The smallest absolute Gasteiger partial charge is 0.230 e. The number of rotatable bonds is 6. The van der Waals surface area contributed by atoms with Gasteiger partial charge in [0.15, 0.2) is 0 Å². The van der Waals surface area contributed by atoms with E-state index < -0.39 is 15.4 Å². The van der Waals surface area contributed by atoms with Gasteiger partial charge in [-0.2, -0.15) is 0 Å². The Balaban J connectivity index is 2.68. The summed E-state index contributed by atoms with van der Waals surface area (Å²) in [7, 11) is -0.372. The number of amides is 1. The highest BCUT2D eigenvalue weighted by Gasteiger charge is 2.29. The molecule has 1 aromatic carbocycles. The molecule has 0 saturated carbocycles. The number of nitrogens with two attached hydrogens (primary N) is 1. The lowest BCUT2D eigenvalue weighted by molar-refractivity contribution is -0.125. The molecule has 3 N–H and O–H groups in total. The van der Waals surface area contributed by atoms with Crippen molar-refractivity contribution in [2.45, 2.75) is 19.3 Å². The van der Waals surface area contributed by atoms with Crippen molar-refractivity contribution in [1.29, 1.82) is 0 Å². The lowest BCUT2D eigenvalue weighted by Gasteiger charge is -2.24. The summed E-state index contributed by atoms with van der Waals surface area (Å²) in [4.78, 5) is 12.3. The number of hydrogen-bond acceptors (Lipinski definition) is 4. The SMILES string of the molecule is CN(C)S(=O)(=O)CCNC(=O)C(C)(C)c1ccc(N)cc1. The van der Waals surface area contributed by atoms with Gasteiger partial charge in [-0.3, -0.25) is 4.79 Å². The minimum Gasteiger partial charge on any atom is -0.399 e. The largest absolute Gasteiger partial charge is 0.399 e. The Labute approximate surface area is 126 Å². The Bertz CT molecular complexity index is 592. The van der Waals surface area contributed by atoms with E-state index in [2.05, 4.69) is 5.32 Å². The molecule has 0 aliphatic rings. The van der Waals surface area contributed by atoms with Gasteiger partial charge >= 0.3 is 0 Å². The summed E-state index contributed by atoms with van der Waals surface area (Å²) in [6, 6.07) is 7.07. The number of anilines is 1. The van der Waals surface area contributed by atoms with Crippen molar-refractivity contribution in [2.24, 2.45) is 0 Å². The maximum atomic E-state index is 12.3. The van der Waals surface area contributed by atoms with Crippen molar-refractivity contribution in [1.82, 2.24) is 9.62 Å². The second-order valence-electron chi connectivity index (χ2n) is 5.60. The molecule has 1 rings (SSSR count). The zero-order valence-corrected chi connectivity index (χ0v) is 13.7. The van der Waals surface area contributed by atoms with Gasteiger partial charge in [-0.15, -0.1) is 0 Å². The Morgan fingerprint density at radius 1 is 1.24 bits per heavy atom. The molecule has 0 radical (unpaired) electrons. The van der Waals surface area contributed by atoms with Crippen molar-refractivity contribution in [3.63, 3.8) is 0 Å². The predicted molar refractivity (Wildman–Crippen MR) is 84.4 cm³/mol. The third-order valence-electron chi connectivity index (χ3n) is 3.40. The average molecular weight is 313 g/mol. The van der Waals surface area contributed by atoms with Crippen LogP contribution in [0.2, 0.25) is 0 Å². The van der Waals surface area contributed by atoms with E-state index in [0.29, 0.717) is 5.69 Å². The van der Waals surface area contributed by atoms with Crippen molar-refractivity contribution < 1.29 is 13.2 Å². The third-order valence-corrected chi connectivity index (χ3v) is 5.23. The third kappa shape index (κ3) is 4.44. The standard InChI is InChI=1S/C14H23N3O3S/c1-14(2,11-5-7-12(15)8-6-11)13(18)16-9-10-21(19,20)17(3)4/h5-8H,9-10,15H2,1-4H3,(H,16,18). The molecule has 118 valence electrons. The Hall–Kier alpha value is -1.60. The Kier molecular flexibility index (Phi) is 5.36. The fraction of sp³-hybridized carbons (Fsp3) is 0.500. The van der Waals surface area contributed by atoms with E-state index >= 15 is 0 Å². The Morgan fingerprint density at radius 3 is 2.24 bits per heavy atom. The maximum absolute atomic E-state index is 12.3. The lowest BCUT2D eigenvalue weighted by Crippen LogP contribution is -2.42. The van der Waals surface area contributed by atoms with Crippen molar-refractivity contribution in [3.8, 4) is 0 Å². The van der Waals surface area contributed by atoms with Crippen LogP contribution < -0.4 is 11.1 Å². The molecule has 0 unspecified atom stereocenters. The van der Waals surface area contributed by atoms with Crippen molar-refractivity contribution in [3.05, 3.63) is 29.8 Å². The molecule has 0 aromatic heterocycles. The van der Waals surface area contributed by atoms with Crippen LogP contribution in [0.3, 0.4) is 0 Å². The second kappa shape index (κ2) is 6.44. The van der Waals surface area contributed by atoms with E-state index in [1.165, 1.54) is 14.1 Å². The maximum Gasteiger partial charge on any atom is 0.230 e. The predicted octanol–water partition coefficient (Wildman–Crippen LogP) is 0.554. The van der Waals surface area contributed by atoms with Crippen LogP contribution in [0.15, 0.2) is 24.3 Å². The van der Waals surface area contributed by atoms with E-state index in [1.54, 1.807) is 38.1 Å². The second-order valence-corrected chi connectivity index (χ2v) is 7.90. The van der Waals surface area contributed by atoms with E-state index in [4.69, 9.17) is 5.73 Å². The monoisotopic (exact) mass is 313 g/mol. The molecule has 0 heterocycles. The minimum absolute atomic E-state index is 0.0811. The minimum atomic E-state index is -3.31. The zero-order chi connectivity index (χ0) is 16.3. The first kappa shape index (κ1) is 17.5. The quantitative estimate of drug-likeness (QED) is 0.750. The fourth-order valence-corrected chi connectivity index (χ4v) is 2.45. The zero-order valence-electron chi connectivity index (χ0n) is 12.9. The van der Waals surface area contributed by atoms with Gasteiger partial charge in [0.2, 0.25) is 15.9 Å². The van der Waals surface area contributed by atoms with Crippen LogP contribution >= 0.6 is 0 Å². The van der Waals surface area contributed by atoms with Gasteiger partial charge < -0.3 is 11.1 Å². The van der Waals surface area contributed by atoms with Crippen LogP contribution in [-0.2, 0) is 20.2 Å². The molecule has 0 bridgehead atoms. The summed E-state index contributed by atoms with van der Waals surface area (Å²) in [6.07, 6.45) is 0. The summed E-state index contributed by atoms with van der Waals surface area (Å²) < 4.78 is 24.4. The molecular weight excluding hydrogens is 290 g/mol. The number of carbonyl (C=O) groups is 1. The molecule has 21 heavy (non-hydrogen) atoms. The van der Waals surface area contributed by atoms with E-state index in [-0.39, 0.29) is 18.2 Å². The summed E-state index contributed by atoms with van der Waals surface area (Å²) in [5, 5.41) is 2.67. The van der Waals surface area contributed by atoms with Crippen molar-refractivity contribution >= 4 is 21.6 Å². The molecule has 1 aromatic rings. The molecule has 6 nitrogen and oxygen atoms in total. The molecule has 1 amide bonds. The number of hydrogen-bond donors (Lipinski definition) is 2. The van der Waals surface area contributed by atoms with Gasteiger partial charge in [0.25, 0.3) is 0 Å². The molecule has 0 saturated heterocycles. The highest BCUT2D eigenvalue weighted by atomic mass is 32.2. The number of carbonyl (C=O) groups excluding carboxylic acids is 1. The van der Waals surface area contributed by atoms with Crippen LogP contribution in [0.5, 0.6) is 0 Å². The number of sulfonamides is 1. The van der Waals surface area contributed by atoms with E-state index in [1.807, 2.05) is 0 Å². The number of nitrogens with zero attached hydrogens (tertiary/aromatic N) is 1. The number of nitrogens with one attached hydrogen (secondary N) is 1. The van der Waals surface area contributed by atoms with E-state index in [9.17, 15) is 13.2 Å². The molecule has 0 spiro atoms. The van der Waals surface area contributed by atoms with Gasteiger partial charge in [-0.1, -0.05) is 12.1 Å². The molecule has 0 aliphatic heterocycles. The first-order valence-electron chi connectivity index (χ1n) is 6.62. The van der Waals surface area contributed by atoms with Gasteiger partial charge in [0.05, 0.1) is 11.2 Å². The summed E-state index contributed by atoms with van der Waals surface area (Å²) in [6.45, 7) is 3.65. The first-order chi connectivity index (χ1) is 9.57. The van der Waals surface area contributed by atoms with Crippen LogP contribution in [0.1, 0.15) is 19.4 Å². The van der Waals surface area contributed by atoms with E-state index in [0.717, 1.165) is 9.87 Å². The van der Waals surface area contributed by atoms with Crippen LogP contribution in [-0.4, -0.2) is 45.0 Å². The Morgan fingerprint density at radius 2 is 1.76 bits per heavy atom. The topological polar surface area (TPSA) is 92.5 Å². The fourth-order valence-electron chi connectivity index (χ4n) is 1.73. The summed E-state index contributed by atoms with van der Waals surface area (Å²) in [5.41, 5.74) is 6.33. The van der Waals surface area contributed by atoms with Crippen LogP contribution in [0.4, 0.5) is 5.69 Å². The lowest BCUT2D eigenvalue weighted by atomic mass is 9.83. The normalized spacial score (nSPS) is 12.4. The summed E-state index contributed by atoms with van der Waals surface area (Å²) in [5.74, 6) is -0.343. The molecule has 0 aliphatic carbocycles. The van der Waals surface area contributed by atoms with Gasteiger partial charge in [0, 0.05) is 26.3 Å². The average Bonchev–Trinajstić information content (AvgIpc) is 2.38. The highest BCUT2D eigenvalue weighted by molar-refractivity contribution is 7.89.